The second-order valence-corrected chi connectivity index (χ2v) is 11.3. The summed E-state index contributed by atoms with van der Waals surface area (Å²) in [6.07, 6.45) is 8.42. The van der Waals surface area contributed by atoms with Crippen LogP contribution in [-0.2, 0) is 4.79 Å². The van der Waals surface area contributed by atoms with Crippen LogP contribution in [0.1, 0.15) is 48.9 Å². The number of H-pyrrole nitrogens is 1. The molecule has 2 heterocycles. The predicted molar refractivity (Wildman–Crippen MR) is 164 cm³/mol. The Morgan fingerprint density at radius 3 is 2.66 bits per heavy atom. The Kier molecular flexibility index (Phi) is 9.16. The highest BCUT2D eigenvalue weighted by molar-refractivity contribution is 6.33. The zero-order valence-electron chi connectivity index (χ0n) is 23.4. The number of para-hydroxylation sites is 1. The average Bonchev–Trinajstić information content (AvgIpc) is 3.38. The summed E-state index contributed by atoms with van der Waals surface area (Å²) >= 11 is 6.50. The van der Waals surface area contributed by atoms with E-state index in [-0.39, 0.29) is 23.9 Å². The van der Waals surface area contributed by atoms with Crippen molar-refractivity contribution in [2.24, 2.45) is 0 Å². The zero-order chi connectivity index (χ0) is 28.8. The van der Waals surface area contributed by atoms with Gasteiger partial charge < -0.3 is 25.8 Å². The van der Waals surface area contributed by atoms with Gasteiger partial charge in [0.25, 0.3) is 5.91 Å². The molecule has 10 heteroatoms. The molecule has 214 valence electrons. The maximum atomic E-state index is 13.0. The summed E-state index contributed by atoms with van der Waals surface area (Å²) < 4.78 is 0. The lowest BCUT2D eigenvalue weighted by molar-refractivity contribution is -0.116. The first-order chi connectivity index (χ1) is 19.9. The van der Waals surface area contributed by atoms with Crippen LogP contribution < -0.4 is 16.0 Å². The lowest BCUT2D eigenvalue weighted by Crippen LogP contribution is -2.42. The van der Waals surface area contributed by atoms with Crippen LogP contribution >= 0.6 is 11.6 Å². The summed E-state index contributed by atoms with van der Waals surface area (Å²) in [6, 6.07) is 15.2. The van der Waals surface area contributed by atoms with Crippen molar-refractivity contribution in [2.75, 3.05) is 31.3 Å². The molecule has 0 aliphatic heterocycles. The van der Waals surface area contributed by atoms with Crippen LogP contribution in [0.4, 0.5) is 11.6 Å². The molecule has 9 nitrogen and oxygen atoms in total. The third kappa shape index (κ3) is 7.42. The molecule has 2 atom stereocenters. The Bertz CT molecular complexity index is 1500. The number of fused-ring (bicyclic) bond motifs is 1. The number of aromatic nitrogens is 3. The van der Waals surface area contributed by atoms with E-state index in [1.165, 1.54) is 0 Å². The minimum absolute atomic E-state index is 0.0250. The van der Waals surface area contributed by atoms with E-state index in [9.17, 15) is 9.59 Å². The second-order valence-electron chi connectivity index (χ2n) is 10.8. The molecule has 4 N–H and O–H groups in total. The standard InChI is InChI=1S/C31H36ClN7O2/c1-39(2)16-6-11-28(40)35-21-14-12-20(13-15-21)30(41)36-22-7-5-8-23(17-22)37-31-34-19-26(32)29(38-31)25-18-33-27-10-4-3-9-24(25)27/h3-4,9-10,12-15,18-19,22-23,33H,5-8,11,16-17H2,1-2H3,(H,35,40)(H,36,41)(H,34,37,38)/t22-,23?/m0/s1. The molecule has 0 radical (unpaired) electrons. The van der Waals surface area contributed by atoms with Gasteiger partial charge in [-0.05, 0) is 83.1 Å². The maximum Gasteiger partial charge on any atom is 0.251 e. The summed E-state index contributed by atoms with van der Waals surface area (Å²) in [5.74, 6) is 0.373. The van der Waals surface area contributed by atoms with Gasteiger partial charge in [0.05, 0.1) is 16.9 Å². The van der Waals surface area contributed by atoms with Crippen LogP contribution in [0.2, 0.25) is 5.02 Å². The summed E-state index contributed by atoms with van der Waals surface area (Å²) in [6.45, 7) is 0.864. The number of nitrogens with zero attached hydrogens (tertiary/aromatic N) is 3. The van der Waals surface area contributed by atoms with Crippen molar-refractivity contribution in [3.05, 3.63) is 71.5 Å². The van der Waals surface area contributed by atoms with E-state index in [1.54, 1.807) is 30.5 Å². The minimum atomic E-state index is -0.121. The van der Waals surface area contributed by atoms with Gasteiger partial charge in [-0.1, -0.05) is 29.8 Å². The zero-order valence-corrected chi connectivity index (χ0v) is 24.2. The molecule has 4 aromatic rings. The largest absolute Gasteiger partial charge is 0.360 e. The van der Waals surface area contributed by atoms with Crippen LogP contribution in [0.5, 0.6) is 0 Å². The van der Waals surface area contributed by atoms with Crippen LogP contribution in [0.15, 0.2) is 60.9 Å². The van der Waals surface area contributed by atoms with E-state index in [0.29, 0.717) is 34.3 Å². The van der Waals surface area contributed by atoms with Crippen molar-refractivity contribution in [1.82, 2.24) is 25.2 Å². The summed E-state index contributed by atoms with van der Waals surface area (Å²) in [5.41, 5.74) is 3.88. The number of halogens is 1. The molecular formula is C31H36ClN7O2. The molecule has 2 aromatic carbocycles. The van der Waals surface area contributed by atoms with E-state index >= 15 is 0 Å². The molecule has 1 unspecified atom stereocenters. The first kappa shape index (κ1) is 28.6. The van der Waals surface area contributed by atoms with Crippen molar-refractivity contribution in [3.63, 3.8) is 0 Å². The summed E-state index contributed by atoms with van der Waals surface area (Å²) in [7, 11) is 3.98. The molecule has 1 aliphatic carbocycles. The second kappa shape index (κ2) is 13.1. The van der Waals surface area contributed by atoms with Gasteiger partial charge in [0, 0.05) is 52.4 Å². The number of amides is 2. The molecule has 1 fully saturated rings. The quantitative estimate of drug-likeness (QED) is 0.193. The third-order valence-electron chi connectivity index (χ3n) is 7.37. The van der Waals surface area contributed by atoms with Gasteiger partial charge in [-0.3, -0.25) is 9.59 Å². The number of aromatic amines is 1. The minimum Gasteiger partial charge on any atom is -0.360 e. The van der Waals surface area contributed by atoms with E-state index in [1.807, 2.05) is 44.6 Å². The van der Waals surface area contributed by atoms with Gasteiger partial charge in [0.2, 0.25) is 11.9 Å². The van der Waals surface area contributed by atoms with Gasteiger partial charge in [-0.15, -0.1) is 0 Å². The van der Waals surface area contributed by atoms with Crippen molar-refractivity contribution in [3.8, 4) is 11.3 Å². The molecule has 0 saturated heterocycles. The molecule has 1 aliphatic rings. The van der Waals surface area contributed by atoms with Crippen molar-refractivity contribution in [1.29, 1.82) is 0 Å². The number of nitrogens with one attached hydrogen (secondary N) is 4. The highest BCUT2D eigenvalue weighted by atomic mass is 35.5. The van der Waals surface area contributed by atoms with E-state index in [0.717, 1.165) is 55.1 Å². The monoisotopic (exact) mass is 573 g/mol. The fourth-order valence-electron chi connectivity index (χ4n) is 5.28. The Hall–Kier alpha value is -3.95. The van der Waals surface area contributed by atoms with Crippen molar-refractivity contribution in [2.45, 2.75) is 50.6 Å². The number of rotatable bonds is 10. The molecular weight excluding hydrogens is 538 g/mol. The summed E-state index contributed by atoms with van der Waals surface area (Å²) in [5, 5.41) is 11.1. The topological polar surface area (TPSA) is 115 Å². The van der Waals surface area contributed by atoms with Crippen molar-refractivity contribution < 1.29 is 9.59 Å². The predicted octanol–water partition coefficient (Wildman–Crippen LogP) is 5.71. The first-order valence-electron chi connectivity index (χ1n) is 14.1. The van der Waals surface area contributed by atoms with Gasteiger partial charge in [0.15, 0.2) is 0 Å². The third-order valence-corrected chi connectivity index (χ3v) is 7.65. The van der Waals surface area contributed by atoms with Gasteiger partial charge in [-0.25, -0.2) is 9.97 Å². The van der Waals surface area contributed by atoms with Crippen molar-refractivity contribution >= 4 is 46.0 Å². The van der Waals surface area contributed by atoms with Crippen LogP contribution in [0, 0.1) is 0 Å². The highest BCUT2D eigenvalue weighted by Gasteiger charge is 2.25. The molecule has 2 amide bonds. The van der Waals surface area contributed by atoms with E-state index < -0.39 is 0 Å². The average molecular weight is 574 g/mol. The molecule has 0 spiro atoms. The van der Waals surface area contributed by atoms with Crippen LogP contribution in [0.25, 0.3) is 22.2 Å². The normalized spacial score (nSPS) is 17.0. The number of anilines is 2. The Morgan fingerprint density at radius 2 is 1.85 bits per heavy atom. The molecule has 1 saturated carbocycles. The SMILES string of the molecule is CN(C)CCCC(=O)Nc1ccc(C(=O)N[C@H]2CCCC(Nc3ncc(Cl)c(-c4c[nH]c5ccccc45)n3)C2)cc1. The fraction of sp³-hybridized carbons (Fsp3) is 0.355. The lowest BCUT2D eigenvalue weighted by atomic mass is 9.91. The molecule has 41 heavy (non-hydrogen) atoms. The number of benzene rings is 2. The molecule has 0 bridgehead atoms. The van der Waals surface area contributed by atoms with Crippen LogP contribution in [0.3, 0.4) is 0 Å². The van der Waals surface area contributed by atoms with Crippen LogP contribution in [-0.4, -0.2) is 64.4 Å². The number of hydrogen-bond donors (Lipinski definition) is 4. The Balaban J connectivity index is 1.16. The smallest absolute Gasteiger partial charge is 0.251 e. The number of hydrogen-bond acceptors (Lipinski definition) is 6. The molecule has 2 aromatic heterocycles. The van der Waals surface area contributed by atoms with E-state index in [2.05, 4.69) is 30.8 Å². The fourth-order valence-corrected chi connectivity index (χ4v) is 5.47. The van der Waals surface area contributed by atoms with E-state index in [4.69, 9.17) is 16.6 Å². The van der Waals surface area contributed by atoms with Gasteiger partial charge >= 0.3 is 0 Å². The van der Waals surface area contributed by atoms with Gasteiger partial charge in [0.1, 0.15) is 0 Å². The number of carbonyl (C=O) groups excluding carboxylic acids is 2. The van der Waals surface area contributed by atoms with Gasteiger partial charge in [-0.2, -0.15) is 0 Å². The Morgan fingerprint density at radius 1 is 1.07 bits per heavy atom. The molecule has 5 rings (SSSR count). The maximum absolute atomic E-state index is 13.0. The number of carbonyl (C=O) groups is 2. The summed E-state index contributed by atoms with van der Waals surface area (Å²) in [4.78, 5) is 39.6. The first-order valence-corrected chi connectivity index (χ1v) is 14.4. The Labute approximate surface area is 245 Å². The highest BCUT2D eigenvalue weighted by Crippen LogP contribution is 2.32. The lowest BCUT2D eigenvalue weighted by Gasteiger charge is -2.30.